The van der Waals surface area contributed by atoms with Gasteiger partial charge in [-0.3, -0.25) is 0 Å². The van der Waals surface area contributed by atoms with E-state index in [0.717, 1.165) is 29.0 Å². The summed E-state index contributed by atoms with van der Waals surface area (Å²) in [4.78, 5) is 3.46. The molecule has 6 nitrogen and oxygen atoms in total. The monoisotopic (exact) mass is 627 g/mol. The lowest BCUT2D eigenvalue weighted by atomic mass is 9.76. The van der Waals surface area contributed by atoms with Crippen LogP contribution in [0.3, 0.4) is 0 Å². The maximum atomic E-state index is 9.83. The third kappa shape index (κ3) is 5.76. The summed E-state index contributed by atoms with van der Waals surface area (Å²) in [7, 11) is 2.15. The van der Waals surface area contributed by atoms with E-state index in [1.165, 1.54) is 39.2 Å². The molecule has 1 aromatic heterocycles. The van der Waals surface area contributed by atoms with Crippen molar-refractivity contribution >= 4 is 17.4 Å². The lowest BCUT2D eigenvalue weighted by molar-refractivity contribution is 0.475. The van der Waals surface area contributed by atoms with Crippen LogP contribution in [-0.4, -0.2) is 32.4 Å². The molecule has 1 aliphatic carbocycles. The van der Waals surface area contributed by atoms with E-state index in [1.807, 2.05) is 12.1 Å². The second kappa shape index (κ2) is 12.3. The highest BCUT2D eigenvalue weighted by Gasteiger charge is 2.38. The van der Waals surface area contributed by atoms with Gasteiger partial charge in [0.05, 0.1) is 5.69 Å². The smallest absolute Gasteiger partial charge is 0.218 e. The highest BCUT2D eigenvalue weighted by Crippen LogP contribution is 2.48. The number of tetrazole rings is 1. The molecule has 46 heavy (non-hydrogen) atoms. The van der Waals surface area contributed by atoms with Gasteiger partial charge in [0.2, 0.25) is 5.16 Å². The first kappa shape index (κ1) is 31.4. The van der Waals surface area contributed by atoms with Crippen molar-refractivity contribution in [3.63, 3.8) is 0 Å². The summed E-state index contributed by atoms with van der Waals surface area (Å²) in [6, 6.07) is 24.1. The molecule has 0 atom stereocenters. The number of phenols is 1. The van der Waals surface area contributed by atoms with E-state index in [2.05, 4.69) is 142 Å². The van der Waals surface area contributed by atoms with Gasteiger partial charge in [-0.2, -0.15) is 4.68 Å². The second-order valence-electron chi connectivity index (χ2n) is 13.1. The maximum Gasteiger partial charge on any atom is 0.218 e. The Labute approximate surface area is 276 Å². The van der Waals surface area contributed by atoms with Gasteiger partial charge in [-0.05, 0) is 112 Å². The van der Waals surface area contributed by atoms with Crippen LogP contribution in [0.1, 0.15) is 57.2 Å². The van der Waals surface area contributed by atoms with Crippen molar-refractivity contribution in [1.82, 2.24) is 20.2 Å². The number of para-hydroxylation sites is 1. The van der Waals surface area contributed by atoms with Crippen LogP contribution in [0, 0.1) is 6.92 Å². The molecular weight excluding hydrogens is 587 g/mol. The molecule has 0 spiro atoms. The van der Waals surface area contributed by atoms with Crippen LogP contribution in [0.25, 0.3) is 5.69 Å². The molecule has 0 radical (unpaired) electrons. The number of hydrogen-bond donors (Lipinski definition) is 1. The fourth-order valence-corrected chi connectivity index (χ4v) is 7.67. The second-order valence-corrected chi connectivity index (χ2v) is 14.1. The zero-order valence-electron chi connectivity index (χ0n) is 27.5. The Kier molecular flexibility index (Phi) is 8.38. The van der Waals surface area contributed by atoms with Gasteiger partial charge in [0.1, 0.15) is 5.75 Å². The van der Waals surface area contributed by atoms with Gasteiger partial charge in [-0.1, -0.05) is 95.0 Å². The first-order valence-corrected chi connectivity index (χ1v) is 16.5. The average molecular weight is 628 g/mol. The van der Waals surface area contributed by atoms with Crippen LogP contribution >= 0.6 is 11.8 Å². The molecule has 234 valence electrons. The third-order valence-electron chi connectivity index (χ3n) is 9.47. The van der Waals surface area contributed by atoms with E-state index in [-0.39, 0.29) is 16.6 Å². The highest BCUT2D eigenvalue weighted by atomic mass is 32.2. The number of aromatic hydroxyl groups is 1. The van der Waals surface area contributed by atoms with Crippen LogP contribution in [0.5, 0.6) is 5.75 Å². The van der Waals surface area contributed by atoms with Gasteiger partial charge in [0, 0.05) is 34.2 Å². The fourth-order valence-electron chi connectivity index (χ4n) is 6.58. The topological polar surface area (TPSA) is 67.1 Å². The van der Waals surface area contributed by atoms with Crippen LogP contribution in [0.2, 0.25) is 0 Å². The minimum absolute atomic E-state index is 0.109. The molecule has 2 heterocycles. The SMILES string of the molecule is C=C(/C=C/C1=C(Sc2nnnn2-c2ccc(O)cc2)C(=C/C=C2/N(C)c3ccccc3C2(C)C)/CC1)C(C)(C)c1ccccc1C. The van der Waals surface area contributed by atoms with E-state index in [4.69, 9.17) is 0 Å². The molecule has 0 fully saturated rings. The molecule has 0 saturated heterocycles. The summed E-state index contributed by atoms with van der Waals surface area (Å²) < 4.78 is 1.72. The van der Waals surface area contributed by atoms with Gasteiger partial charge in [-0.25, -0.2) is 0 Å². The molecule has 0 bridgehead atoms. The number of thioether (sulfide) groups is 1. The molecule has 3 aromatic carbocycles. The Balaban J connectivity index is 1.38. The number of rotatable bonds is 8. The van der Waals surface area contributed by atoms with Gasteiger partial charge in [0.15, 0.2) is 0 Å². The van der Waals surface area contributed by atoms with E-state index in [1.54, 1.807) is 28.6 Å². The number of likely N-dealkylation sites (N-methyl/N-ethyl adjacent to an activating group) is 1. The zero-order valence-corrected chi connectivity index (χ0v) is 28.3. The van der Waals surface area contributed by atoms with Gasteiger partial charge < -0.3 is 10.0 Å². The quantitative estimate of drug-likeness (QED) is 0.197. The molecular formula is C39H41N5OS. The van der Waals surface area contributed by atoms with Crippen molar-refractivity contribution < 1.29 is 5.11 Å². The Morgan fingerprint density at radius 1 is 0.978 bits per heavy atom. The Morgan fingerprint density at radius 3 is 2.43 bits per heavy atom. The molecule has 0 unspecified atom stereocenters. The lowest BCUT2D eigenvalue weighted by Crippen LogP contribution is -2.22. The van der Waals surface area contributed by atoms with Crippen molar-refractivity contribution in [3.05, 3.63) is 148 Å². The van der Waals surface area contributed by atoms with Gasteiger partial charge in [-0.15, -0.1) is 5.10 Å². The summed E-state index contributed by atoms with van der Waals surface area (Å²) in [5.74, 6) is 0.200. The van der Waals surface area contributed by atoms with Crippen molar-refractivity contribution in [1.29, 1.82) is 0 Å². The molecule has 1 aliphatic heterocycles. The summed E-state index contributed by atoms with van der Waals surface area (Å²) >= 11 is 1.58. The normalized spacial score (nSPS) is 17.9. The summed E-state index contributed by atoms with van der Waals surface area (Å²) in [5, 5.41) is 23.2. The standard InChI is InChI=1S/C39H41N5OS/c1-26-12-8-9-13-32(26)38(3,4)27(2)16-17-28-18-19-29(20-25-35-39(5,6)33-14-10-11-15-34(33)43(35)7)36(28)46-37-40-41-42-44(37)30-21-23-31(45)24-22-30/h8-17,20-25,45H,2,18-19H2,1,3-7H3/b17-16+,29-20+,35-25+. The van der Waals surface area contributed by atoms with Crippen LogP contribution in [0.15, 0.2) is 136 Å². The Hall–Kier alpha value is -4.62. The predicted octanol–water partition coefficient (Wildman–Crippen LogP) is 9.14. The fraction of sp³-hybridized carbons (Fsp3) is 0.256. The highest BCUT2D eigenvalue weighted by molar-refractivity contribution is 8.03. The van der Waals surface area contributed by atoms with Crippen molar-refractivity contribution in [3.8, 4) is 11.4 Å². The van der Waals surface area contributed by atoms with Crippen molar-refractivity contribution in [2.75, 3.05) is 11.9 Å². The van der Waals surface area contributed by atoms with Crippen LogP contribution < -0.4 is 4.90 Å². The largest absolute Gasteiger partial charge is 0.508 e. The minimum Gasteiger partial charge on any atom is -0.508 e. The van der Waals surface area contributed by atoms with E-state index in [0.29, 0.717) is 5.16 Å². The van der Waals surface area contributed by atoms with E-state index in [9.17, 15) is 5.11 Å². The molecule has 0 saturated carbocycles. The van der Waals surface area contributed by atoms with E-state index >= 15 is 0 Å². The molecule has 6 rings (SSSR count). The van der Waals surface area contributed by atoms with Gasteiger partial charge >= 0.3 is 0 Å². The summed E-state index contributed by atoms with van der Waals surface area (Å²) in [6.07, 6.45) is 10.8. The number of fused-ring (bicyclic) bond motifs is 1. The maximum absolute atomic E-state index is 9.83. The minimum atomic E-state index is -0.214. The van der Waals surface area contributed by atoms with Crippen LogP contribution in [-0.2, 0) is 10.8 Å². The summed E-state index contributed by atoms with van der Waals surface area (Å²) in [5.41, 5.74) is 10.4. The van der Waals surface area contributed by atoms with E-state index < -0.39 is 0 Å². The predicted molar refractivity (Wildman–Crippen MR) is 189 cm³/mol. The van der Waals surface area contributed by atoms with Gasteiger partial charge in [0.25, 0.3) is 0 Å². The molecule has 1 N–H and O–H groups in total. The zero-order chi connectivity index (χ0) is 32.6. The number of phenolic OH excluding ortho intramolecular Hbond substituents is 1. The molecule has 2 aliphatic rings. The molecule has 7 heteroatoms. The Bertz CT molecular complexity index is 1920. The summed E-state index contributed by atoms with van der Waals surface area (Å²) in [6.45, 7) is 15.7. The average Bonchev–Trinajstić information content (AvgIpc) is 3.71. The number of allylic oxidation sites excluding steroid dienone is 8. The number of aryl methyl sites for hydroxylation is 1. The first-order valence-electron chi connectivity index (χ1n) is 15.7. The number of aromatic nitrogens is 4. The molecule has 4 aromatic rings. The first-order chi connectivity index (χ1) is 22.0. The molecule has 0 amide bonds. The van der Waals surface area contributed by atoms with Crippen molar-refractivity contribution in [2.24, 2.45) is 0 Å². The van der Waals surface area contributed by atoms with Crippen molar-refractivity contribution in [2.45, 2.75) is 63.4 Å². The number of nitrogens with zero attached hydrogens (tertiary/aromatic N) is 5. The Morgan fingerprint density at radius 2 is 1.70 bits per heavy atom. The third-order valence-corrected chi connectivity index (χ3v) is 10.6. The number of benzene rings is 3. The van der Waals surface area contributed by atoms with Crippen LogP contribution in [0.4, 0.5) is 5.69 Å². The lowest BCUT2D eigenvalue weighted by Gasteiger charge is -2.28. The number of anilines is 1. The number of hydrogen-bond acceptors (Lipinski definition) is 6.